The van der Waals surface area contributed by atoms with Crippen molar-refractivity contribution in [3.63, 3.8) is 0 Å². The molecule has 2 amide bonds. The molecule has 0 aliphatic carbocycles. The van der Waals surface area contributed by atoms with Crippen LogP contribution in [-0.4, -0.2) is 76.5 Å². The fourth-order valence-electron chi connectivity index (χ4n) is 3.88. The SMILES string of the molecule is CN(CC(=O)N1CCOCC1)C(=O)c1cccc(S(=O)(=O)N2CCc3ccccc32)c1. The van der Waals surface area contributed by atoms with Gasteiger partial charge in [0, 0.05) is 32.2 Å². The summed E-state index contributed by atoms with van der Waals surface area (Å²) in [5, 5.41) is 0. The lowest BCUT2D eigenvalue weighted by Crippen LogP contribution is -2.46. The van der Waals surface area contributed by atoms with E-state index in [1.54, 1.807) is 30.1 Å². The second-order valence-electron chi connectivity index (χ2n) is 7.64. The average molecular weight is 444 g/mol. The van der Waals surface area contributed by atoms with Crippen LogP contribution in [0.2, 0.25) is 0 Å². The van der Waals surface area contributed by atoms with E-state index in [1.807, 2.05) is 18.2 Å². The second kappa shape index (κ2) is 8.68. The molecule has 0 atom stereocenters. The summed E-state index contributed by atoms with van der Waals surface area (Å²) >= 11 is 0. The van der Waals surface area contributed by atoms with Crippen LogP contribution in [0.25, 0.3) is 0 Å². The topological polar surface area (TPSA) is 87.2 Å². The smallest absolute Gasteiger partial charge is 0.264 e. The van der Waals surface area contributed by atoms with Gasteiger partial charge in [-0.2, -0.15) is 0 Å². The fourth-order valence-corrected chi connectivity index (χ4v) is 5.43. The van der Waals surface area contributed by atoms with Crippen LogP contribution in [0, 0.1) is 0 Å². The molecule has 9 heteroatoms. The third-order valence-corrected chi connectivity index (χ3v) is 7.41. The van der Waals surface area contributed by atoms with E-state index >= 15 is 0 Å². The number of carbonyl (C=O) groups is 2. The number of ether oxygens (including phenoxy) is 1. The Balaban J connectivity index is 1.51. The van der Waals surface area contributed by atoms with Crippen LogP contribution in [0.15, 0.2) is 53.4 Å². The molecule has 0 aromatic heterocycles. The summed E-state index contributed by atoms with van der Waals surface area (Å²) in [7, 11) is -2.26. The molecule has 0 bridgehead atoms. The number of rotatable bonds is 5. The highest BCUT2D eigenvalue weighted by molar-refractivity contribution is 7.92. The maximum atomic E-state index is 13.3. The van der Waals surface area contributed by atoms with Crippen LogP contribution in [0.5, 0.6) is 0 Å². The molecular formula is C22H25N3O5S. The molecule has 2 aromatic rings. The molecule has 0 radical (unpaired) electrons. The number of likely N-dealkylation sites (N-methyl/N-ethyl adjacent to an activating group) is 1. The average Bonchev–Trinajstić information content (AvgIpc) is 3.24. The first-order chi connectivity index (χ1) is 14.9. The second-order valence-corrected chi connectivity index (χ2v) is 9.50. The van der Waals surface area contributed by atoms with Crippen molar-refractivity contribution in [1.29, 1.82) is 0 Å². The summed E-state index contributed by atoms with van der Waals surface area (Å²) in [6.07, 6.45) is 0.653. The van der Waals surface area contributed by atoms with Crippen molar-refractivity contribution < 1.29 is 22.7 Å². The number of amides is 2. The van der Waals surface area contributed by atoms with Gasteiger partial charge in [0.05, 0.1) is 30.3 Å². The highest BCUT2D eigenvalue weighted by Gasteiger charge is 2.31. The predicted octanol–water partition coefficient (Wildman–Crippen LogP) is 1.37. The summed E-state index contributed by atoms with van der Waals surface area (Å²) < 4.78 is 33.1. The zero-order valence-corrected chi connectivity index (χ0v) is 18.2. The monoisotopic (exact) mass is 443 g/mol. The first-order valence-corrected chi connectivity index (χ1v) is 11.6. The van der Waals surface area contributed by atoms with Crippen LogP contribution in [-0.2, 0) is 26.0 Å². The number of fused-ring (bicyclic) bond motifs is 1. The molecule has 0 spiro atoms. The Bertz CT molecular complexity index is 1100. The number of morpholine rings is 1. The Morgan fingerprint density at radius 3 is 2.55 bits per heavy atom. The lowest BCUT2D eigenvalue weighted by atomic mass is 10.2. The molecule has 8 nitrogen and oxygen atoms in total. The molecule has 2 heterocycles. The zero-order valence-electron chi connectivity index (χ0n) is 17.4. The normalized spacial score (nSPS) is 16.2. The molecule has 2 aliphatic rings. The molecule has 164 valence electrons. The fraction of sp³-hybridized carbons (Fsp3) is 0.364. The van der Waals surface area contributed by atoms with Gasteiger partial charge < -0.3 is 14.5 Å². The van der Waals surface area contributed by atoms with Crippen molar-refractivity contribution in [2.75, 3.05) is 50.7 Å². The van der Waals surface area contributed by atoms with Gasteiger partial charge in [0.25, 0.3) is 15.9 Å². The number of hydrogen-bond donors (Lipinski definition) is 0. The largest absolute Gasteiger partial charge is 0.378 e. The Hall–Kier alpha value is -2.91. The molecule has 1 saturated heterocycles. The third kappa shape index (κ3) is 4.28. The summed E-state index contributed by atoms with van der Waals surface area (Å²) in [6.45, 7) is 2.28. The van der Waals surface area contributed by atoms with Crippen molar-refractivity contribution >= 4 is 27.5 Å². The third-order valence-electron chi connectivity index (χ3n) is 5.60. The van der Waals surface area contributed by atoms with E-state index in [1.165, 1.54) is 21.3 Å². The predicted molar refractivity (Wildman–Crippen MR) is 115 cm³/mol. The lowest BCUT2D eigenvalue weighted by molar-refractivity contribution is -0.135. The van der Waals surface area contributed by atoms with Crippen molar-refractivity contribution in [2.24, 2.45) is 0 Å². The van der Waals surface area contributed by atoms with Crippen molar-refractivity contribution in [2.45, 2.75) is 11.3 Å². The van der Waals surface area contributed by atoms with E-state index in [9.17, 15) is 18.0 Å². The quantitative estimate of drug-likeness (QED) is 0.697. The van der Waals surface area contributed by atoms with Crippen LogP contribution in [0.4, 0.5) is 5.69 Å². The minimum absolute atomic E-state index is 0.0583. The lowest BCUT2D eigenvalue weighted by Gasteiger charge is -2.28. The summed E-state index contributed by atoms with van der Waals surface area (Å²) in [5.41, 5.74) is 1.89. The van der Waals surface area contributed by atoms with Gasteiger partial charge in [-0.25, -0.2) is 8.42 Å². The van der Waals surface area contributed by atoms with E-state index in [0.29, 0.717) is 45.0 Å². The molecule has 4 rings (SSSR count). The maximum Gasteiger partial charge on any atom is 0.264 e. The maximum absolute atomic E-state index is 13.3. The van der Waals surface area contributed by atoms with E-state index in [4.69, 9.17) is 4.74 Å². The van der Waals surface area contributed by atoms with E-state index in [2.05, 4.69) is 0 Å². The first-order valence-electron chi connectivity index (χ1n) is 10.2. The van der Waals surface area contributed by atoms with Crippen LogP contribution in [0.3, 0.4) is 0 Å². The van der Waals surface area contributed by atoms with Gasteiger partial charge in [-0.05, 0) is 36.2 Å². The summed E-state index contributed by atoms with van der Waals surface area (Å²) in [4.78, 5) is 28.4. The van der Waals surface area contributed by atoms with E-state index in [-0.39, 0.29) is 22.9 Å². The van der Waals surface area contributed by atoms with Gasteiger partial charge in [-0.1, -0.05) is 24.3 Å². The molecular weight excluding hydrogens is 418 g/mol. The Morgan fingerprint density at radius 2 is 1.77 bits per heavy atom. The number of nitrogens with zero attached hydrogens (tertiary/aromatic N) is 3. The van der Waals surface area contributed by atoms with Gasteiger partial charge in [0.1, 0.15) is 0 Å². The van der Waals surface area contributed by atoms with Gasteiger partial charge in [-0.15, -0.1) is 0 Å². The highest BCUT2D eigenvalue weighted by atomic mass is 32.2. The Labute approximate surface area is 182 Å². The number of anilines is 1. The van der Waals surface area contributed by atoms with Gasteiger partial charge >= 0.3 is 0 Å². The molecule has 2 aliphatic heterocycles. The number of carbonyl (C=O) groups excluding carboxylic acids is 2. The highest BCUT2D eigenvalue weighted by Crippen LogP contribution is 2.32. The first kappa shape index (κ1) is 21.3. The molecule has 31 heavy (non-hydrogen) atoms. The number of benzene rings is 2. The van der Waals surface area contributed by atoms with Crippen molar-refractivity contribution in [3.05, 3.63) is 59.7 Å². The van der Waals surface area contributed by atoms with Gasteiger partial charge in [0.2, 0.25) is 5.91 Å². The molecule has 0 unspecified atom stereocenters. The molecule has 0 N–H and O–H groups in total. The standard InChI is InChI=1S/C22H25N3O5S/c1-23(16-21(26)24-11-13-30-14-12-24)22(27)18-6-4-7-19(15-18)31(28,29)25-10-9-17-5-2-3-8-20(17)25/h2-8,15H,9-14,16H2,1H3. The van der Waals surface area contributed by atoms with Gasteiger partial charge in [0.15, 0.2) is 0 Å². The summed E-state index contributed by atoms with van der Waals surface area (Å²) in [6, 6.07) is 13.4. The van der Waals surface area contributed by atoms with Crippen LogP contribution >= 0.6 is 0 Å². The Morgan fingerprint density at radius 1 is 1.03 bits per heavy atom. The number of para-hydroxylation sites is 1. The summed E-state index contributed by atoms with van der Waals surface area (Å²) in [5.74, 6) is -0.558. The van der Waals surface area contributed by atoms with Crippen molar-refractivity contribution in [3.8, 4) is 0 Å². The molecule has 0 saturated carbocycles. The number of hydrogen-bond acceptors (Lipinski definition) is 5. The van der Waals surface area contributed by atoms with Gasteiger partial charge in [-0.3, -0.25) is 13.9 Å². The minimum Gasteiger partial charge on any atom is -0.378 e. The van der Waals surface area contributed by atoms with Crippen LogP contribution < -0.4 is 4.31 Å². The van der Waals surface area contributed by atoms with E-state index < -0.39 is 15.9 Å². The van der Waals surface area contributed by atoms with E-state index in [0.717, 1.165) is 5.56 Å². The van der Waals surface area contributed by atoms with Crippen LogP contribution in [0.1, 0.15) is 15.9 Å². The number of sulfonamides is 1. The minimum atomic E-state index is -3.80. The molecule has 1 fully saturated rings. The molecule has 2 aromatic carbocycles. The zero-order chi connectivity index (χ0) is 22.0. The van der Waals surface area contributed by atoms with Crippen molar-refractivity contribution in [1.82, 2.24) is 9.80 Å². The Kier molecular flexibility index (Phi) is 5.97.